The highest BCUT2D eigenvalue weighted by atomic mass is 35.5. The van der Waals surface area contributed by atoms with Crippen molar-refractivity contribution in [3.05, 3.63) is 58.4 Å². The molecule has 0 bridgehead atoms. The van der Waals surface area contributed by atoms with Crippen LogP contribution in [0.5, 0.6) is 0 Å². The molecule has 0 saturated heterocycles. The van der Waals surface area contributed by atoms with Crippen LogP contribution in [0.2, 0.25) is 5.02 Å². The molecule has 106 valence electrons. The Kier molecular flexibility index (Phi) is 4.18. The van der Waals surface area contributed by atoms with Gasteiger partial charge in [0.1, 0.15) is 0 Å². The van der Waals surface area contributed by atoms with Crippen molar-refractivity contribution in [3.8, 4) is 0 Å². The highest BCUT2D eigenvalue weighted by molar-refractivity contribution is 6.33. The molecule has 0 aliphatic rings. The number of hydrogen-bond acceptors (Lipinski definition) is 2. The zero-order valence-electron chi connectivity index (χ0n) is 10.6. The highest BCUT2D eigenvalue weighted by Crippen LogP contribution is 2.33. The van der Waals surface area contributed by atoms with Crippen LogP contribution in [0, 0.1) is 6.92 Å². The monoisotopic (exact) mass is 300 g/mol. The molecule has 0 saturated carbocycles. The largest absolute Gasteiger partial charge is 0.416 e. The van der Waals surface area contributed by atoms with Crippen LogP contribution in [-0.2, 0) is 12.7 Å². The fourth-order valence-electron chi connectivity index (χ4n) is 1.64. The SMILES string of the molecule is Cc1ccc(CNc2ccc(C(F)(F)F)cc2Cl)cn1. The van der Waals surface area contributed by atoms with Crippen LogP contribution in [0.3, 0.4) is 0 Å². The van der Waals surface area contributed by atoms with E-state index in [0.717, 1.165) is 23.4 Å². The lowest BCUT2D eigenvalue weighted by Gasteiger charge is -2.11. The number of anilines is 1. The van der Waals surface area contributed by atoms with Gasteiger partial charge in [-0.3, -0.25) is 4.98 Å². The topological polar surface area (TPSA) is 24.9 Å². The minimum Gasteiger partial charge on any atom is -0.380 e. The fourth-order valence-corrected chi connectivity index (χ4v) is 1.88. The fraction of sp³-hybridized carbons (Fsp3) is 0.214. The number of rotatable bonds is 3. The van der Waals surface area contributed by atoms with E-state index in [-0.39, 0.29) is 5.02 Å². The van der Waals surface area contributed by atoms with Crippen molar-refractivity contribution in [3.63, 3.8) is 0 Å². The van der Waals surface area contributed by atoms with Gasteiger partial charge >= 0.3 is 6.18 Å². The number of aromatic nitrogens is 1. The molecule has 0 radical (unpaired) electrons. The average molecular weight is 301 g/mol. The van der Waals surface area contributed by atoms with Crippen LogP contribution in [0.15, 0.2) is 36.5 Å². The van der Waals surface area contributed by atoms with Gasteiger partial charge in [0.2, 0.25) is 0 Å². The minimum atomic E-state index is -4.39. The van der Waals surface area contributed by atoms with Gasteiger partial charge in [-0.2, -0.15) is 13.2 Å². The molecular weight excluding hydrogens is 289 g/mol. The first kappa shape index (κ1) is 14.7. The molecule has 2 rings (SSSR count). The van der Waals surface area contributed by atoms with E-state index in [2.05, 4.69) is 10.3 Å². The Labute approximate surface area is 119 Å². The normalized spacial score (nSPS) is 11.4. The maximum absolute atomic E-state index is 12.5. The van der Waals surface area contributed by atoms with Gasteiger partial charge in [-0.15, -0.1) is 0 Å². The van der Waals surface area contributed by atoms with E-state index < -0.39 is 11.7 Å². The van der Waals surface area contributed by atoms with E-state index in [4.69, 9.17) is 11.6 Å². The summed E-state index contributed by atoms with van der Waals surface area (Å²) >= 11 is 5.85. The number of alkyl halides is 3. The maximum atomic E-state index is 12.5. The highest BCUT2D eigenvalue weighted by Gasteiger charge is 2.30. The molecule has 0 amide bonds. The lowest BCUT2D eigenvalue weighted by molar-refractivity contribution is -0.137. The van der Waals surface area contributed by atoms with Crippen LogP contribution >= 0.6 is 11.6 Å². The zero-order valence-corrected chi connectivity index (χ0v) is 11.4. The Balaban J connectivity index is 2.08. The Hall–Kier alpha value is -1.75. The van der Waals surface area contributed by atoms with Gasteiger partial charge in [-0.05, 0) is 36.8 Å². The van der Waals surface area contributed by atoms with Crippen molar-refractivity contribution in [1.82, 2.24) is 4.98 Å². The van der Waals surface area contributed by atoms with Gasteiger partial charge in [-0.1, -0.05) is 17.7 Å². The molecule has 1 aromatic carbocycles. The molecule has 6 heteroatoms. The number of pyridine rings is 1. The molecule has 0 unspecified atom stereocenters. The van der Waals surface area contributed by atoms with Gasteiger partial charge in [0.25, 0.3) is 0 Å². The van der Waals surface area contributed by atoms with Crippen molar-refractivity contribution >= 4 is 17.3 Å². The molecule has 1 heterocycles. The van der Waals surface area contributed by atoms with E-state index in [0.29, 0.717) is 12.2 Å². The number of hydrogen-bond donors (Lipinski definition) is 1. The van der Waals surface area contributed by atoms with E-state index >= 15 is 0 Å². The van der Waals surface area contributed by atoms with Gasteiger partial charge in [0.05, 0.1) is 16.3 Å². The van der Waals surface area contributed by atoms with Crippen molar-refractivity contribution in [1.29, 1.82) is 0 Å². The molecule has 20 heavy (non-hydrogen) atoms. The zero-order chi connectivity index (χ0) is 14.8. The minimum absolute atomic E-state index is 0.0416. The second-order valence-corrected chi connectivity index (χ2v) is 4.76. The van der Waals surface area contributed by atoms with Crippen molar-refractivity contribution < 1.29 is 13.2 Å². The van der Waals surface area contributed by atoms with E-state index in [1.54, 1.807) is 6.20 Å². The molecule has 2 aromatic rings. The molecule has 1 aromatic heterocycles. The first-order valence-electron chi connectivity index (χ1n) is 5.88. The van der Waals surface area contributed by atoms with Crippen LogP contribution in [-0.4, -0.2) is 4.98 Å². The van der Waals surface area contributed by atoms with E-state index in [1.165, 1.54) is 6.07 Å². The van der Waals surface area contributed by atoms with Gasteiger partial charge in [-0.25, -0.2) is 0 Å². The number of aryl methyl sites for hydroxylation is 1. The maximum Gasteiger partial charge on any atom is 0.416 e. The Morgan fingerprint density at radius 2 is 1.95 bits per heavy atom. The van der Waals surface area contributed by atoms with Gasteiger partial charge < -0.3 is 5.32 Å². The summed E-state index contributed by atoms with van der Waals surface area (Å²) in [6, 6.07) is 7.00. The lowest BCUT2D eigenvalue weighted by Crippen LogP contribution is -2.06. The number of benzene rings is 1. The third kappa shape index (κ3) is 3.63. The van der Waals surface area contributed by atoms with E-state index in [9.17, 15) is 13.2 Å². The molecule has 0 atom stereocenters. The first-order chi connectivity index (χ1) is 9.36. The third-order valence-electron chi connectivity index (χ3n) is 2.75. The second kappa shape index (κ2) is 5.71. The lowest BCUT2D eigenvalue weighted by atomic mass is 10.2. The van der Waals surface area contributed by atoms with Gasteiger partial charge in [0.15, 0.2) is 0 Å². The Morgan fingerprint density at radius 1 is 1.20 bits per heavy atom. The quantitative estimate of drug-likeness (QED) is 0.890. The molecule has 0 fully saturated rings. The number of nitrogens with zero attached hydrogens (tertiary/aromatic N) is 1. The number of nitrogens with one attached hydrogen (secondary N) is 1. The Bertz CT molecular complexity index is 594. The summed E-state index contributed by atoms with van der Waals surface area (Å²) in [5.74, 6) is 0. The summed E-state index contributed by atoms with van der Waals surface area (Å²) < 4.78 is 37.5. The smallest absolute Gasteiger partial charge is 0.380 e. The predicted octanol–water partition coefficient (Wildman–Crippen LogP) is 4.67. The molecule has 1 N–H and O–H groups in total. The first-order valence-corrected chi connectivity index (χ1v) is 6.26. The van der Waals surface area contributed by atoms with Crippen molar-refractivity contribution in [2.75, 3.05) is 5.32 Å². The number of halogens is 4. The molecule has 0 spiro atoms. The molecule has 2 nitrogen and oxygen atoms in total. The standard InChI is InChI=1S/C14H12ClF3N2/c1-9-2-3-10(7-19-9)8-20-13-5-4-11(6-12(13)15)14(16,17)18/h2-7,20H,8H2,1H3. The van der Waals surface area contributed by atoms with Crippen LogP contribution < -0.4 is 5.32 Å². The van der Waals surface area contributed by atoms with Gasteiger partial charge in [0, 0.05) is 18.4 Å². The molecule has 0 aliphatic carbocycles. The summed E-state index contributed by atoms with van der Waals surface area (Å²) in [7, 11) is 0. The summed E-state index contributed by atoms with van der Waals surface area (Å²) in [5.41, 5.74) is 1.53. The van der Waals surface area contributed by atoms with E-state index in [1.807, 2.05) is 19.1 Å². The summed E-state index contributed by atoms with van der Waals surface area (Å²) in [5, 5.41) is 3.03. The molecular formula is C14H12ClF3N2. The van der Waals surface area contributed by atoms with Crippen LogP contribution in [0.25, 0.3) is 0 Å². The van der Waals surface area contributed by atoms with Crippen LogP contribution in [0.4, 0.5) is 18.9 Å². The summed E-state index contributed by atoms with van der Waals surface area (Å²) in [6.07, 6.45) is -2.68. The third-order valence-corrected chi connectivity index (χ3v) is 3.06. The van der Waals surface area contributed by atoms with Crippen LogP contribution in [0.1, 0.15) is 16.8 Å². The predicted molar refractivity (Wildman–Crippen MR) is 72.8 cm³/mol. The van der Waals surface area contributed by atoms with Crippen molar-refractivity contribution in [2.45, 2.75) is 19.6 Å². The molecule has 0 aliphatic heterocycles. The summed E-state index contributed by atoms with van der Waals surface area (Å²) in [6.45, 7) is 2.32. The second-order valence-electron chi connectivity index (χ2n) is 4.35. The van der Waals surface area contributed by atoms with Crippen molar-refractivity contribution in [2.24, 2.45) is 0 Å². The summed E-state index contributed by atoms with van der Waals surface area (Å²) in [4.78, 5) is 4.14. The average Bonchev–Trinajstić information content (AvgIpc) is 2.38. The Morgan fingerprint density at radius 3 is 2.50 bits per heavy atom.